The Bertz CT molecular complexity index is 809. The molecule has 2 N–H and O–H groups in total. The molecule has 0 amide bonds. The highest BCUT2D eigenvalue weighted by molar-refractivity contribution is 5.85. The fourth-order valence-electron chi connectivity index (χ4n) is 3.46. The zero-order valence-corrected chi connectivity index (χ0v) is 15.3. The first-order chi connectivity index (χ1) is 12.3. The van der Waals surface area contributed by atoms with E-state index in [1.807, 2.05) is 36.4 Å². The molecule has 1 aliphatic heterocycles. The van der Waals surface area contributed by atoms with Crippen LogP contribution >= 0.6 is 12.4 Å². The minimum atomic E-state index is 0. The van der Waals surface area contributed by atoms with Gasteiger partial charge < -0.3 is 15.2 Å². The molecule has 0 bridgehead atoms. The molecule has 0 spiro atoms. The third-order valence-corrected chi connectivity index (χ3v) is 4.81. The first kappa shape index (κ1) is 18.6. The number of rotatable bonds is 5. The van der Waals surface area contributed by atoms with Crippen molar-refractivity contribution in [2.45, 2.75) is 18.4 Å². The van der Waals surface area contributed by atoms with Crippen molar-refractivity contribution in [3.05, 3.63) is 72.1 Å². The second kappa shape index (κ2) is 8.45. The summed E-state index contributed by atoms with van der Waals surface area (Å²) in [5, 5.41) is 4.08. The lowest BCUT2D eigenvalue weighted by molar-refractivity contribution is 0.307. The van der Waals surface area contributed by atoms with E-state index >= 15 is 0 Å². The zero-order valence-electron chi connectivity index (χ0n) is 14.5. The topological polar surface area (TPSA) is 68.2 Å². The van der Waals surface area contributed by atoms with Crippen molar-refractivity contribution in [3.63, 3.8) is 0 Å². The lowest BCUT2D eigenvalue weighted by Crippen LogP contribution is -2.29. The summed E-state index contributed by atoms with van der Waals surface area (Å²) in [5.41, 5.74) is 8.66. The van der Waals surface area contributed by atoms with Gasteiger partial charge in [-0.25, -0.2) is 0 Å². The third-order valence-electron chi connectivity index (χ3n) is 4.81. The molecular formula is C20H23ClN4O. The molecule has 2 heterocycles. The highest BCUT2D eigenvalue weighted by Gasteiger charge is 2.31. The number of likely N-dealkylation sites (tertiary alicyclic amines) is 1. The Balaban J connectivity index is 0.00000196. The second-order valence-corrected chi connectivity index (χ2v) is 6.57. The van der Waals surface area contributed by atoms with E-state index in [1.165, 1.54) is 5.56 Å². The maximum atomic E-state index is 6.36. The number of hydrogen-bond donors (Lipinski definition) is 1. The molecule has 5 nitrogen and oxygen atoms in total. The minimum Gasteiger partial charge on any atom is -0.339 e. The van der Waals surface area contributed by atoms with Crippen molar-refractivity contribution in [2.75, 3.05) is 19.6 Å². The Morgan fingerprint density at radius 1 is 1.00 bits per heavy atom. The van der Waals surface area contributed by atoms with Crippen LogP contribution in [0.1, 0.15) is 17.4 Å². The molecule has 3 aromatic rings. The number of benzene rings is 2. The zero-order chi connectivity index (χ0) is 17.1. The van der Waals surface area contributed by atoms with Crippen molar-refractivity contribution in [1.29, 1.82) is 0 Å². The highest BCUT2D eigenvalue weighted by atomic mass is 35.5. The first-order valence-corrected chi connectivity index (χ1v) is 8.70. The van der Waals surface area contributed by atoms with Gasteiger partial charge in [-0.15, -0.1) is 12.4 Å². The lowest BCUT2D eigenvalue weighted by atomic mass is 9.95. The quantitative estimate of drug-likeness (QED) is 0.747. The van der Waals surface area contributed by atoms with Gasteiger partial charge in [0, 0.05) is 43.6 Å². The van der Waals surface area contributed by atoms with Crippen LogP contribution in [0.25, 0.3) is 11.4 Å². The van der Waals surface area contributed by atoms with E-state index in [4.69, 9.17) is 10.3 Å². The van der Waals surface area contributed by atoms with E-state index in [0.29, 0.717) is 17.6 Å². The molecule has 0 saturated carbocycles. The molecule has 1 aliphatic rings. The van der Waals surface area contributed by atoms with E-state index in [9.17, 15) is 0 Å². The van der Waals surface area contributed by atoms with Crippen molar-refractivity contribution < 1.29 is 4.52 Å². The third kappa shape index (κ3) is 4.12. The van der Waals surface area contributed by atoms with Crippen LogP contribution in [-0.2, 0) is 6.42 Å². The van der Waals surface area contributed by atoms with Gasteiger partial charge in [0.25, 0.3) is 0 Å². The van der Waals surface area contributed by atoms with Crippen LogP contribution in [0.5, 0.6) is 0 Å². The van der Waals surface area contributed by atoms with Gasteiger partial charge in [-0.2, -0.15) is 4.98 Å². The SMILES string of the molecule is Cl.N[C@@H]1CN(CCc2nc(-c3ccccc3)no2)C[C@H]1c1ccccc1. The second-order valence-electron chi connectivity index (χ2n) is 6.57. The van der Waals surface area contributed by atoms with E-state index in [-0.39, 0.29) is 18.4 Å². The summed E-state index contributed by atoms with van der Waals surface area (Å²) in [7, 11) is 0. The standard InChI is InChI=1S/C20H22N4O.ClH/c21-18-14-24(13-17(18)15-7-3-1-4-8-15)12-11-19-22-20(23-25-19)16-9-5-2-6-10-16;/h1-10,17-18H,11-14,21H2;1H/t17-,18+;/m0./s1. The first-order valence-electron chi connectivity index (χ1n) is 8.70. The highest BCUT2D eigenvalue weighted by Crippen LogP contribution is 2.26. The average molecular weight is 371 g/mol. The molecular weight excluding hydrogens is 348 g/mol. The van der Waals surface area contributed by atoms with Crippen molar-refractivity contribution in [2.24, 2.45) is 5.73 Å². The van der Waals surface area contributed by atoms with E-state index in [1.54, 1.807) is 0 Å². The summed E-state index contributed by atoms with van der Waals surface area (Å²) in [6.07, 6.45) is 0.744. The van der Waals surface area contributed by atoms with Crippen LogP contribution in [0.3, 0.4) is 0 Å². The Labute approximate surface area is 159 Å². The van der Waals surface area contributed by atoms with Gasteiger partial charge in [0.15, 0.2) is 0 Å². The molecule has 6 heteroatoms. The van der Waals surface area contributed by atoms with Gasteiger partial charge in [0.2, 0.25) is 11.7 Å². The molecule has 2 atom stereocenters. The summed E-state index contributed by atoms with van der Waals surface area (Å²) in [4.78, 5) is 6.89. The fourth-order valence-corrected chi connectivity index (χ4v) is 3.46. The number of nitrogens with two attached hydrogens (primary N) is 1. The van der Waals surface area contributed by atoms with Crippen molar-refractivity contribution >= 4 is 12.4 Å². The molecule has 136 valence electrons. The maximum absolute atomic E-state index is 6.36. The number of halogens is 1. The van der Waals surface area contributed by atoms with Crippen LogP contribution in [-0.4, -0.2) is 40.7 Å². The van der Waals surface area contributed by atoms with Crippen LogP contribution in [0.4, 0.5) is 0 Å². The fraction of sp³-hybridized carbons (Fsp3) is 0.300. The number of aromatic nitrogens is 2. The van der Waals surface area contributed by atoms with Gasteiger partial charge in [0.05, 0.1) is 0 Å². The summed E-state index contributed by atoms with van der Waals surface area (Å²) in [6.45, 7) is 2.76. The van der Waals surface area contributed by atoms with Crippen LogP contribution in [0.2, 0.25) is 0 Å². The monoisotopic (exact) mass is 370 g/mol. The van der Waals surface area contributed by atoms with Crippen LogP contribution in [0, 0.1) is 0 Å². The van der Waals surface area contributed by atoms with Crippen molar-refractivity contribution in [1.82, 2.24) is 15.0 Å². The molecule has 1 aromatic heterocycles. The normalized spacial score (nSPS) is 20.0. The molecule has 1 saturated heterocycles. The Kier molecular flexibility index (Phi) is 6.04. The lowest BCUT2D eigenvalue weighted by Gasteiger charge is -2.15. The Morgan fingerprint density at radius 3 is 2.42 bits per heavy atom. The van der Waals surface area contributed by atoms with Gasteiger partial charge in [0.1, 0.15) is 0 Å². The van der Waals surface area contributed by atoms with Gasteiger partial charge >= 0.3 is 0 Å². The minimum absolute atomic E-state index is 0. The van der Waals surface area contributed by atoms with E-state index < -0.39 is 0 Å². The molecule has 0 unspecified atom stereocenters. The van der Waals surface area contributed by atoms with E-state index in [2.05, 4.69) is 39.3 Å². The van der Waals surface area contributed by atoms with Crippen LogP contribution < -0.4 is 5.73 Å². The van der Waals surface area contributed by atoms with Gasteiger partial charge in [-0.3, -0.25) is 0 Å². The smallest absolute Gasteiger partial charge is 0.228 e. The summed E-state index contributed by atoms with van der Waals surface area (Å²) < 4.78 is 5.40. The summed E-state index contributed by atoms with van der Waals surface area (Å²) >= 11 is 0. The molecule has 26 heavy (non-hydrogen) atoms. The van der Waals surface area contributed by atoms with Crippen LogP contribution in [0.15, 0.2) is 65.2 Å². The van der Waals surface area contributed by atoms with Crippen molar-refractivity contribution in [3.8, 4) is 11.4 Å². The maximum Gasteiger partial charge on any atom is 0.228 e. The predicted molar refractivity (Wildman–Crippen MR) is 104 cm³/mol. The average Bonchev–Trinajstić information content (AvgIpc) is 3.28. The summed E-state index contributed by atoms with van der Waals surface area (Å²) in [6, 6.07) is 20.6. The van der Waals surface area contributed by atoms with E-state index in [0.717, 1.165) is 31.6 Å². The number of nitrogens with zero attached hydrogens (tertiary/aromatic N) is 3. The predicted octanol–water partition coefficient (Wildman–Crippen LogP) is 3.13. The number of hydrogen-bond acceptors (Lipinski definition) is 5. The molecule has 0 aliphatic carbocycles. The largest absolute Gasteiger partial charge is 0.339 e. The molecule has 0 radical (unpaired) electrons. The van der Waals surface area contributed by atoms with Gasteiger partial charge in [-0.05, 0) is 5.56 Å². The van der Waals surface area contributed by atoms with Gasteiger partial charge in [-0.1, -0.05) is 65.8 Å². The molecule has 4 rings (SSSR count). The Morgan fingerprint density at radius 2 is 1.69 bits per heavy atom. The summed E-state index contributed by atoms with van der Waals surface area (Å²) in [5.74, 6) is 1.72. The molecule has 1 fully saturated rings. The molecule has 2 aromatic carbocycles. The Hall–Kier alpha value is -2.21.